The zero-order valence-corrected chi connectivity index (χ0v) is 14.1. The monoisotopic (exact) mass is 344 g/mol. The first-order chi connectivity index (χ1) is 9.88. The van der Waals surface area contributed by atoms with Crippen molar-refractivity contribution in [2.75, 3.05) is 4.72 Å². The first-order valence-corrected chi connectivity index (χ1v) is 9.21. The quantitative estimate of drug-likeness (QED) is 0.840. The molecule has 0 amide bonds. The standard InChI is InChI=1S/C14H17ClN2O2S2/c1-10(2)16-9-13-14(6-7-20-13)21(18,19)17-12-5-3-4-11(15)8-12/h3-8,10,16-17H,9H2,1-2H3. The minimum atomic E-state index is -3.60. The van der Waals surface area contributed by atoms with Crippen molar-refractivity contribution in [1.82, 2.24) is 5.32 Å². The van der Waals surface area contributed by atoms with Crippen molar-refractivity contribution >= 4 is 38.6 Å². The summed E-state index contributed by atoms with van der Waals surface area (Å²) >= 11 is 7.30. The lowest BCUT2D eigenvalue weighted by atomic mass is 10.3. The van der Waals surface area contributed by atoms with E-state index in [1.165, 1.54) is 11.3 Å². The molecule has 0 saturated carbocycles. The predicted molar refractivity (Wildman–Crippen MR) is 88.6 cm³/mol. The maximum Gasteiger partial charge on any atom is 0.263 e. The number of thiophene rings is 1. The second-order valence-corrected chi connectivity index (χ2v) is 7.95. The summed E-state index contributed by atoms with van der Waals surface area (Å²) < 4.78 is 27.5. The van der Waals surface area contributed by atoms with Crippen molar-refractivity contribution in [3.05, 3.63) is 45.6 Å². The highest BCUT2D eigenvalue weighted by Crippen LogP contribution is 2.25. The molecule has 2 aromatic rings. The third kappa shape index (κ3) is 4.44. The van der Waals surface area contributed by atoms with E-state index in [9.17, 15) is 8.42 Å². The molecule has 1 aromatic carbocycles. The number of hydrogen-bond donors (Lipinski definition) is 2. The number of nitrogens with one attached hydrogen (secondary N) is 2. The number of rotatable bonds is 6. The Balaban J connectivity index is 2.22. The summed E-state index contributed by atoms with van der Waals surface area (Å²) in [6, 6.07) is 8.56. The van der Waals surface area contributed by atoms with Gasteiger partial charge in [0.25, 0.3) is 10.0 Å². The predicted octanol–water partition coefficient (Wildman–Crippen LogP) is 3.70. The molecule has 4 nitrogen and oxygen atoms in total. The van der Waals surface area contributed by atoms with Crippen LogP contribution in [0.2, 0.25) is 5.02 Å². The Labute approximate surface area is 134 Å². The lowest BCUT2D eigenvalue weighted by Crippen LogP contribution is -2.23. The van der Waals surface area contributed by atoms with Gasteiger partial charge in [-0.2, -0.15) is 0 Å². The van der Waals surface area contributed by atoms with Crippen molar-refractivity contribution in [1.29, 1.82) is 0 Å². The average molecular weight is 345 g/mol. The normalized spacial score (nSPS) is 11.8. The topological polar surface area (TPSA) is 58.2 Å². The number of benzene rings is 1. The third-order valence-electron chi connectivity index (χ3n) is 2.74. The Hall–Kier alpha value is -1.08. The lowest BCUT2D eigenvalue weighted by Gasteiger charge is -2.11. The zero-order chi connectivity index (χ0) is 15.5. The van der Waals surface area contributed by atoms with Crippen molar-refractivity contribution in [2.45, 2.75) is 31.3 Å². The Morgan fingerprint density at radius 2 is 2.05 bits per heavy atom. The molecule has 0 saturated heterocycles. The number of sulfonamides is 1. The van der Waals surface area contributed by atoms with Crippen molar-refractivity contribution in [3.8, 4) is 0 Å². The highest BCUT2D eigenvalue weighted by Gasteiger charge is 2.20. The highest BCUT2D eigenvalue weighted by atomic mass is 35.5. The molecule has 114 valence electrons. The highest BCUT2D eigenvalue weighted by molar-refractivity contribution is 7.93. The molecule has 0 aliphatic carbocycles. The Morgan fingerprint density at radius 3 is 2.71 bits per heavy atom. The fourth-order valence-electron chi connectivity index (χ4n) is 1.76. The molecule has 0 bridgehead atoms. The van der Waals surface area contributed by atoms with Crippen LogP contribution in [0.25, 0.3) is 0 Å². The fourth-order valence-corrected chi connectivity index (χ4v) is 4.39. The van der Waals surface area contributed by atoms with Crippen molar-refractivity contribution in [3.63, 3.8) is 0 Å². The van der Waals surface area contributed by atoms with Crippen LogP contribution in [0.4, 0.5) is 5.69 Å². The van der Waals surface area contributed by atoms with Gasteiger partial charge in [-0.25, -0.2) is 8.42 Å². The van der Waals surface area contributed by atoms with Crippen LogP contribution in [0.1, 0.15) is 18.7 Å². The maximum atomic E-state index is 12.5. The molecule has 2 N–H and O–H groups in total. The first kappa shape index (κ1) is 16.3. The second kappa shape index (κ2) is 6.79. The lowest BCUT2D eigenvalue weighted by molar-refractivity contribution is 0.581. The van der Waals surface area contributed by atoms with Crippen LogP contribution in [0, 0.1) is 0 Å². The van der Waals surface area contributed by atoms with E-state index in [-0.39, 0.29) is 0 Å². The number of halogens is 1. The van der Waals surface area contributed by atoms with E-state index >= 15 is 0 Å². The van der Waals surface area contributed by atoms with Gasteiger partial charge in [-0.15, -0.1) is 11.3 Å². The van der Waals surface area contributed by atoms with E-state index in [2.05, 4.69) is 10.0 Å². The SMILES string of the molecule is CC(C)NCc1sccc1S(=O)(=O)Nc1cccc(Cl)c1. The van der Waals surface area contributed by atoms with Gasteiger partial charge < -0.3 is 5.32 Å². The van der Waals surface area contributed by atoms with Gasteiger partial charge in [0, 0.05) is 22.5 Å². The average Bonchev–Trinajstić information content (AvgIpc) is 2.85. The van der Waals surface area contributed by atoms with Gasteiger partial charge in [0.1, 0.15) is 4.90 Å². The zero-order valence-electron chi connectivity index (χ0n) is 11.8. The summed E-state index contributed by atoms with van der Waals surface area (Å²) in [6.45, 7) is 4.57. The van der Waals surface area contributed by atoms with Crippen LogP contribution >= 0.6 is 22.9 Å². The van der Waals surface area contributed by atoms with Gasteiger partial charge in [-0.1, -0.05) is 31.5 Å². The van der Waals surface area contributed by atoms with Gasteiger partial charge in [0.05, 0.1) is 5.69 Å². The number of hydrogen-bond acceptors (Lipinski definition) is 4. The first-order valence-electron chi connectivity index (χ1n) is 6.46. The Bertz CT molecular complexity index is 711. The van der Waals surface area contributed by atoms with Crippen molar-refractivity contribution in [2.24, 2.45) is 0 Å². The van der Waals surface area contributed by atoms with Crippen LogP contribution in [-0.4, -0.2) is 14.5 Å². The van der Waals surface area contributed by atoms with Crippen molar-refractivity contribution < 1.29 is 8.42 Å². The summed E-state index contributed by atoms with van der Waals surface area (Å²) in [5, 5.41) is 5.50. The van der Waals surface area contributed by atoms with Gasteiger partial charge in [0.2, 0.25) is 0 Å². The van der Waals surface area contributed by atoms with E-state index < -0.39 is 10.0 Å². The molecule has 2 rings (SSSR count). The maximum absolute atomic E-state index is 12.5. The molecule has 0 aliphatic heterocycles. The van der Waals surface area contributed by atoms with Gasteiger partial charge in [0.15, 0.2) is 0 Å². The minimum Gasteiger partial charge on any atom is -0.310 e. The smallest absolute Gasteiger partial charge is 0.263 e. The fraction of sp³-hybridized carbons (Fsp3) is 0.286. The number of anilines is 1. The van der Waals surface area contributed by atoms with E-state index in [0.29, 0.717) is 28.2 Å². The van der Waals surface area contributed by atoms with Crippen LogP contribution in [0.5, 0.6) is 0 Å². The molecule has 7 heteroatoms. The molecule has 0 spiro atoms. The van der Waals surface area contributed by atoms with Crippen LogP contribution in [0.3, 0.4) is 0 Å². The van der Waals surface area contributed by atoms with Gasteiger partial charge >= 0.3 is 0 Å². The molecular formula is C14H17ClN2O2S2. The third-order valence-corrected chi connectivity index (χ3v) is 5.49. The summed E-state index contributed by atoms with van der Waals surface area (Å²) in [4.78, 5) is 1.10. The van der Waals surface area contributed by atoms with Crippen LogP contribution < -0.4 is 10.0 Å². The Morgan fingerprint density at radius 1 is 1.29 bits per heavy atom. The van der Waals surface area contributed by atoms with Gasteiger partial charge in [-0.3, -0.25) is 4.72 Å². The summed E-state index contributed by atoms with van der Waals surface area (Å²) in [5.74, 6) is 0. The van der Waals surface area contributed by atoms with E-state index in [4.69, 9.17) is 11.6 Å². The molecular weight excluding hydrogens is 328 g/mol. The van der Waals surface area contributed by atoms with E-state index in [0.717, 1.165) is 4.88 Å². The summed E-state index contributed by atoms with van der Waals surface area (Å²) in [5.41, 5.74) is 0.455. The van der Waals surface area contributed by atoms with Crippen LogP contribution in [-0.2, 0) is 16.6 Å². The summed E-state index contributed by atoms with van der Waals surface area (Å²) in [6.07, 6.45) is 0. The molecule has 1 aromatic heterocycles. The molecule has 0 atom stereocenters. The molecule has 0 radical (unpaired) electrons. The molecule has 21 heavy (non-hydrogen) atoms. The molecule has 0 aliphatic rings. The molecule has 0 unspecified atom stereocenters. The van der Waals surface area contributed by atoms with Crippen LogP contribution in [0.15, 0.2) is 40.6 Å². The molecule has 0 fully saturated rings. The molecule has 1 heterocycles. The second-order valence-electron chi connectivity index (χ2n) is 4.86. The largest absolute Gasteiger partial charge is 0.310 e. The van der Waals surface area contributed by atoms with E-state index in [1.807, 2.05) is 13.8 Å². The van der Waals surface area contributed by atoms with E-state index in [1.54, 1.807) is 35.7 Å². The van der Waals surface area contributed by atoms with Gasteiger partial charge in [-0.05, 0) is 29.6 Å². The Kier molecular flexibility index (Phi) is 5.27. The minimum absolute atomic E-state index is 0.295. The summed E-state index contributed by atoms with van der Waals surface area (Å²) in [7, 11) is -3.60.